The molecule has 6 nitrogen and oxygen atoms in total. The third-order valence-corrected chi connectivity index (χ3v) is 5.60. The fourth-order valence-electron chi connectivity index (χ4n) is 3.98. The highest BCUT2D eigenvalue weighted by molar-refractivity contribution is 6.01. The number of aldehydes is 1. The van der Waals surface area contributed by atoms with Gasteiger partial charge >= 0.3 is 0 Å². The number of nitrogens with zero attached hydrogens (tertiary/aromatic N) is 1. The second-order valence-electron chi connectivity index (χ2n) is 7.48. The predicted octanol–water partition coefficient (Wildman–Crippen LogP) is 2.75. The normalized spacial score (nSPS) is 18.8. The van der Waals surface area contributed by atoms with E-state index in [0.29, 0.717) is 49.4 Å². The molecule has 6 heteroatoms. The smallest absolute Gasteiger partial charge is 0.255 e. The lowest BCUT2D eigenvalue weighted by atomic mass is 10.1. The van der Waals surface area contributed by atoms with Gasteiger partial charge in [0.15, 0.2) is 0 Å². The lowest BCUT2D eigenvalue weighted by molar-refractivity contribution is -0.125. The minimum Gasteiger partial charge on any atom is -0.493 e. The quantitative estimate of drug-likeness (QED) is 0.767. The molecule has 2 heterocycles. The van der Waals surface area contributed by atoms with Crippen molar-refractivity contribution in [3.63, 3.8) is 0 Å². The van der Waals surface area contributed by atoms with Gasteiger partial charge in [0.1, 0.15) is 18.1 Å². The number of ether oxygens (including phenoxy) is 1. The average Bonchev–Trinajstić information content (AvgIpc) is 2.93. The molecule has 1 saturated heterocycles. The van der Waals surface area contributed by atoms with E-state index < -0.39 is 6.04 Å². The van der Waals surface area contributed by atoms with Crippen LogP contribution in [0.1, 0.15) is 51.1 Å². The van der Waals surface area contributed by atoms with E-state index in [1.54, 1.807) is 23.1 Å². The zero-order valence-electron chi connectivity index (χ0n) is 16.2. The van der Waals surface area contributed by atoms with Crippen molar-refractivity contribution in [1.29, 1.82) is 0 Å². The zero-order chi connectivity index (χ0) is 20.2. The van der Waals surface area contributed by atoms with E-state index in [1.165, 1.54) is 0 Å². The first-order valence-corrected chi connectivity index (χ1v) is 10.0. The van der Waals surface area contributed by atoms with Gasteiger partial charge in [-0.2, -0.15) is 0 Å². The van der Waals surface area contributed by atoms with E-state index in [2.05, 4.69) is 5.32 Å². The summed E-state index contributed by atoms with van der Waals surface area (Å²) in [5, 5.41) is 2.91. The molecular weight excluding hydrogens is 368 g/mol. The van der Waals surface area contributed by atoms with Crippen LogP contribution in [-0.2, 0) is 17.8 Å². The maximum atomic E-state index is 12.9. The molecule has 1 atom stereocenters. The summed E-state index contributed by atoms with van der Waals surface area (Å²) >= 11 is 0. The summed E-state index contributed by atoms with van der Waals surface area (Å²) in [6.07, 6.45) is 4.09. The largest absolute Gasteiger partial charge is 0.493 e. The molecule has 2 aromatic carbocycles. The first-order valence-electron chi connectivity index (χ1n) is 10.0. The Kier molecular flexibility index (Phi) is 5.60. The Morgan fingerprint density at radius 3 is 2.72 bits per heavy atom. The molecule has 2 amide bonds. The second kappa shape index (κ2) is 8.47. The highest BCUT2D eigenvalue weighted by Crippen LogP contribution is 2.33. The summed E-state index contributed by atoms with van der Waals surface area (Å²) in [5.41, 5.74) is 3.20. The van der Waals surface area contributed by atoms with Crippen molar-refractivity contribution in [2.75, 3.05) is 13.2 Å². The molecule has 150 valence electrons. The van der Waals surface area contributed by atoms with E-state index >= 15 is 0 Å². The van der Waals surface area contributed by atoms with Gasteiger partial charge in [-0.1, -0.05) is 30.3 Å². The van der Waals surface area contributed by atoms with Gasteiger partial charge in [0, 0.05) is 29.7 Å². The maximum Gasteiger partial charge on any atom is 0.255 e. The molecule has 1 unspecified atom stereocenters. The highest BCUT2D eigenvalue weighted by atomic mass is 16.5. The number of fused-ring (bicyclic) bond motifs is 1. The Balaban J connectivity index is 1.44. The van der Waals surface area contributed by atoms with Crippen LogP contribution in [0, 0.1) is 0 Å². The molecule has 2 aliphatic rings. The Morgan fingerprint density at radius 2 is 1.93 bits per heavy atom. The van der Waals surface area contributed by atoms with E-state index in [4.69, 9.17) is 4.74 Å². The molecule has 0 saturated carbocycles. The number of carbonyl (C=O) groups is 3. The number of nitrogens with one attached hydrogen (secondary N) is 1. The average molecular weight is 392 g/mol. The van der Waals surface area contributed by atoms with E-state index in [0.717, 1.165) is 30.3 Å². The number of hydrogen-bond acceptors (Lipinski definition) is 4. The Labute approximate surface area is 169 Å². The number of carbonyl (C=O) groups excluding carboxylic acids is 3. The molecule has 0 aliphatic carbocycles. The summed E-state index contributed by atoms with van der Waals surface area (Å²) < 4.78 is 6.00. The Morgan fingerprint density at radius 1 is 1.10 bits per heavy atom. The summed E-state index contributed by atoms with van der Waals surface area (Å²) in [4.78, 5) is 37.8. The van der Waals surface area contributed by atoms with Crippen molar-refractivity contribution in [3.05, 3.63) is 64.7 Å². The molecule has 0 spiro atoms. The summed E-state index contributed by atoms with van der Waals surface area (Å²) in [6.45, 7) is 1.54. The molecule has 1 N–H and O–H groups in total. The summed E-state index contributed by atoms with van der Waals surface area (Å²) in [5.74, 6) is 0.527. The van der Waals surface area contributed by atoms with E-state index in [1.807, 2.05) is 24.3 Å². The van der Waals surface area contributed by atoms with Crippen LogP contribution in [-0.4, -0.2) is 42.2 Å². The third kappa shape index (κ3) is 4.01. The number of amides is 2. The molecule has 1 fully saturated rings. The van der Waals surface area contributed by atoms with Gasteiger partial charge in [0.25, 0.3) is 5.91 Å². The molecule has 2 aliphatic heterocycles. The third-order valence-electron chi connectivity index (χ3n) is 5.60. The van der Waals surface area contributed by atoms with Crippen LogP contribution >= 0.6 is 0 Å². The van der Waals surface area contributed by atoms with Crippen LogP contribution in [0.2, 0.25) is 0 Å². The van der Waals surface area contributed by atoms with Crippen LogP contribution in [0.3, 0.4) is 0 Å². The molecule has 2 aromatic rings. The van der Waals surface area contributed by atoms with Gasteiger partial charge in [-0.3, -0.25) is 14.4 Å². The van der Waals surface area contributed by atoms with Crippen molar-refractivity contribution < 1.29 is 19.1 Å². The van der Waals surface area contributed by atoms with E-state index in [-0.39, 0.29) is 11.8 Å². The molecule has 29 heavy (non-hydrogen) atoms. The number of rotatable bonds is 6. The monoisotopic (exact) mass is 392 g/mol. The standard InChI is InChI=1S/C23H24N2O4/c26-15-17-9-7-16(8-10-17)11-13-29-21-6-3-4-18-19(21)14-25(23(18)28)20-5-1-2-12-24-22(20)27/h3-4,6-10,15,20H,1-2,5,11-14H2,(H,24,27). The first-order chi connectivity index (χ1) is 14.2. The first kappa shape index (κ1) is 19.2. The SMILES string of the molecule is O=Cc1ccc(CCOc2cccc3c2CN(C2CCCCNC2=O)C3=O)cc1. The minimum absolute atomic E-state index is 0.0649. The van der Waals surface area contributed by atoms with Gasteiger partial charge in [-0.05, 0) is 37.0 Å². The van der Waals surface area contributed by atoms with Crippen LogP contribution in [0.15, 0.2) is 42.5 Å². The van der Waals surface area contributed by atoms with Crippen molar-refractivity contribution >= 4 is 18.1 Å². The van der Waals surface area contributed by atoms with Gasteiger partial charge in [-0.15, -0.1) is 0 Å². The summed E-state index contributed by atoms with van der Waals surface area (Å²) in [6, 6.07) is 12.5. The Bertz CT molecular complexity index is 923. The predicted molar refractivity (Wildman–Crippen MR) is 108 cm³/mol. The summed E-state index contributed by atoms with van der Waals surface area (Å²) in [7, 11) is 0. The zero-order valence-corrected chi connectivity index (χ0v) is 16.2. The van der Waals surface area contributed by atoms with Crippen molar-refractivity contribution in [2.45, 2.75) is 38.3 Å². The minimum atomic E-state index is -0.415. The number of hydrogen-bond donors (Lipinski definition) is 1. The maximum absolute atomic E-state index is 12.9. The van der Waals surface area contributed by atoms with Gasteiger partial charge in [0.05, 0.1) is 13.2 Å². The van der Waals surface area contributed by atoms with E-state index in [9.17, 15) is 14.4 Å². The lowest BCUT2D eigenvalue weighted by Crippen LogP contribution is -2.45. The van der Waals surface area contributed by atoms with Crippen LogP contribution in [0.4, 0.5) is 0 Å². The molecule has 0 radical (unpaired) electrons. The molecule has 0 aromatic heterocycles. The van der Waals surface area contributed by atoms with Gasteiger partial charge in [0.2, 0.25) is 5.91 Å². The number of benzene rings is 2. The van der Waals surface area contributed by atoms with Gasteiger partial charge in [-0.25, -0.2) is 0 Å². The van der Waals surface area contributed by atoms with Gasteiger partial charge < -0.3 is 15.0 Å². The molecule has 0 bridgehead atoms. The van der Waals surface area contributed by atoms with Crippen LogP contribution < -0.4 is 10.1 Å². The fourth-order valence-corrected chi connectivity index (χ4v) is 3.98. The molecular formula is C23H24N2O4. The highest BCUT2D eigenvalue weighted by Gasteiger charge is 2.38. The van der Waals surface area contributed by atoms with Crippen molar-refractivity contribution in [3.8, 4) is 5.75 Å². The second-order valence-corrected chi connectivity index (χ2v) is 7.48. The lowest BCUT2D eigenvalue weighted by Gasteiger charge is -2.25. The fraction of sp³-hybridized carbons (Fsp3) is 0.348. The topological polar surface area (TPSA) is 75.7 Å². The van der Waals surface area contributed by atoms with Crippen LogP contribution in [0.25, 0.3) is 0 Å². The van der Waals surface area contributed by atoms with Crippen LogP contribution in [0.5, 0.6) is 5.75 Å². The molecule has 4 rings (SSSR count). The van der Waals surface area contributed by atoms with Crippen molar-refractivity contribution in [1.82, 2.24) is 10.2 Å². The van der Waals surface area contributed by atoms with Crippen molar-refractivity contribution in [2.24, 2.45) is 0 Å². The Hall–Kier alpha value is -3.15.